The molecule has 2 nitrogen and oxygen atoms in total. The molecule has 2 heteroatoms. The second kappa shape index (κ2) is 3.85. The van der Waals surface area contributed by atoms with Gasteiger partial charge in [0.05, 0.1) is 10.8 Å². The van der Waals surface area contributed by atoms with Gasteiger partial charge in [0.25, 0.3) is 0 Å². The third-order valence-corrected chi connectivity index (χ3v) is 2.77. The third-order valence-electron chi connectivity index (χ3n) is 2.77. The average Bonchev–Trinajstić information content (AvgIpc) is 2.39. The Morgan fingerprint density at radius 2 is 1.53 bits per heavy atom. The maximum absolute atomic E-state index is 8.03. The van der Waals surface area contributed by atoms with Crippen LogP contribution in [0.4, 0.5) is 0 Å². The molecular weight excluding hydrogens is 208 g/mol. The summed E-state index contributed by atoms with van der Waals surface area (Å²) in [5.74, 6) is 0. The van der Waals surface area contributed by atoms with Gasteiger partial charge >= 0.3 is 11.1 Å². The lowest BCUT2D eigenvalue weighted by Crippen LogP contribution is -2.36. The van der Waals surface area contributed by atoms with E-state index in [1.165, 1.54) is 0 Å². The van der Waals surface area contributed by atoms with Crippen LogP contribution in [-0.2, 0) is 0 Å². The van der Waals surface area contributed by atoms with E-state index in [0.29, 0.717) is 5.71 Å². The van der Waals surface area contributed by atoms with E-state index in [4.69, 9.17) is 5.41 Å². The molecule has 1 aliphatic rings. The summed E-state index contributed by atoms with van der Waals surface area (Å²) in [5.41, 5.74) is 2.20. The summed E-state index contributed by atoms with van der Waals surface area (Å²) >= 11 is 0. The number of benzene rings is 2. The van der Waals surface area contributed by atoms with Crippen LogP contribution >= 0.6 is 0 Å². The summed E-state index contributed by atoms with van der Waals surface area (Å²) in [5, 5.41) is 9.97. The largest absolute Gasteiger partial charge is 0.359 e. The van der Waals surface area contributed by atoms with Crippen LogP contribution in [0.2, 0.25) is 0 Å². The van der Waals surface area contributed by atoms with E-state index in [9.17, 15) is 0 Å². The van der Waals surface area contributed by atoms with Crippen molar-refractivity contribution in [3.63, 3.8) is 0 Å². The van der Waals surface area contributed by atoms with Crippen LogP contribution in [0.5, 0.6) is 0 Å². The molecule has 0 bridgehead atoms. The molecule has 0 amide bonds. The average molecular weight is 219 g/mol. The minimum Gasteiger partial charge on any atom is -0.293 e. The van der Waals surface area contributed by atoms with Crippen LogP contribution in [0.15, 0.2) is 54.6 Å². The summed E-state index contributed by atoms with van der Waals surface area (Å²) < 4.78 is 4.56. The third kappa shape index (κ3) is 1.71. The zero-order valence-electron chi connectivity index (χ0n) is 9.22. The molecule has 1 heterocycles. The summed E-state index contributed by atoms with van der Waals surface area (Å²) in [6.07, 6.45) is 1.87. The van der Waals surface area contributed by atoms with Gasteiger partial charge in [0, 0.05) is 6.07 Å². The van der Waals surface area contributed by atoms with Crippen LogP contribution in [0.25, 0.3) is 6.08 Å². The number of nitrogens with zero attached hydrogens (tertiary/aromatic N) is 1. The van der Waals surface area contributed by atoms with Gasteiger partial charge in [-0.25, -0.2) is 0 Å². The zero-order valence-corrected chi connectivity index (χ0v) is 9.22. The van der Waals surface area contributed by atoms with Crippen molar-refractivity contribution in [3.8, 4) is 0 Å². The Labute approximate surface area is 98.8 Å². The Hall–Kier alpha value is -2.44. The Morgan fingerprint density at radius 1 is 0.824 bits per heavy atom. The molecule has 80 valence electrons. The molecule has 2 aromatic rings. The Balaban J connectivity index is 2.36. The number of fused-ring (bicyclic) bond motifs is 1. The molecule has 3 rings (SSSR count). The molecule has 1 N–H and O–H groups in total. The predicted molar refractivity (Wildman–Crippen MR) is 69.7 cm³/mol. The van der Waals surface area contributed by atoms with Gasteiger partial charge in [0.2, 0.25) is 0 Å². The predicted octanol–water partition coefficient (Wildman–Crippen LogP) is 0.677. The van der Waals surface area contributed by atoms with Crippen molar-refractivity contribution >= 4 is 17.5 Å². The second-order valence-electron chi connectivity index (χ2n) is 3.94. The van der Waals surface area contributed by atoms with Gasteiger partial charge in [-0.05, 0) is 24.3 Å². The first-order valence-corrected chi connectivity index (χ1v) is 5.51. The number of hydrogen-bond donors (Lipinski definition) is 1. The zero-order chi connectivity index (χ0) is 11.7. The lowest BCUT2D eigenvalue weighted by atomic mass is 10.0. The first kappa shape index (κ1) is 9.76. The van der Waals surface area contributed by atoms with E-state index in [2.05, 4.69) is 4.67 Å². The molecule has 0 unspecified atom stereocenters. The topological polar surface area (TPSA) is 38.0 Å². The fourth-order valence-electron chi connectivity index (χ4n) is 1.93. The van der Waals surface area contributed by atoms with Crippen molar-refractivity contribution in [3.05, 3.63) is 70.7 Å². The van der Waals surface area contributed by atoms with Crippen LogP contribution in [0, 0.1) is 5.41 Å². The molecule has 0 saturated heterocycles. The molecule has 0 atom stereocenters. The van der Waals surface area contributed by atoms with Gasteiger partial charge in [0.1, 0.15) is 5.71 Å². The molecule has 0 spiro atoms. The molecular formula is C15H11N2+. The highest BCUT2D eigenvalue weighted by atomic mass is 14.6. The Kier molecular flexibility index (Phi) is 2.21. The first-order chi connectivity index (χ1) is 8.34. The quantitative estimate of drug-likeness (QED) is 0.685. The number of rotatable bonds is 1. The van der Waals surface area contributed by atoms with Crippen molar-refractivity contribution in [2.24, 2.45) is 0 Å². The first-order valence-electron chi connectivity index (χ1n) is 5.51. The van der Waals surface area contributed by atoms with Crippen LogP contribution in [-0.4, -0.2) is 11.4 Å². The molecule has 0 aliphatic carbocycles. The van der Waals surface area contributed by atoms with Gasteiger partial charge in [-0.2, -0.15) is 0 Å². The van der Waals surface area contributed by atoms with Crippen LogP contribution < -0.4 is 15.2 Å². The van der Waals surface area contributed by atoms with Crippen molar-refractivity contribution in [2.45, 2.75) is 0 Å². The minimum absolute atomic E-state index is 0.468. The lowest BCUT2D eigenvalue weighted by molar-refractivity contribution is 1.30. The lowest BCUT2D eigenvalue weighted by Gasteiger charge is -1.95. The SMILES string of the molecule is N=C1C=c2ccccc2=[N+]=C1c1ccccc1. The van der Waals surface area contributed by atoms with Gasteiger partial charge < -0.3 is 0 Å². The molecule has 0 radical (unpaired) electrons. The maximum Gasteiger partial charge on any atom is 0.359 e. The molecule has 17 heavy (non-hydrogen) atoms. The number of para-hydroxylation sites is 1. The minimum atomic E-state index is 0.468. The van der Waals surface area contributed by atoms with Crippen LogP contribution in [0.3, 0.4) is 0 Å². The highest BCUT2D eigenvalue weighted by Gasteiger charge is 2.20. The van der Waals surface area contributed by atoms with Gasteiger partial charge in [0.15, 0.2) is 0 Å². The van der Waals surface area contributed by atoms with Crippen molar-refractivity contribution in [2.75, 3.05) is 0 Å². The summed E-state index contributed by atoms with van der Waals surface area (Å²) in [6.45, 7) is 0. The molecule has 0 aromatic heterocycles. The summed E-state index contributed by atoms with van der Waals surface area (Å²) in [4.78, 5) is 0. The number of hydrogen-bond acceptors (Lipinski definition) is 1. The summed E-state index contributed by atoms with van der Waals surface area (Å²) in [6, 6.07) is 17.7. The van der Waals surface area contributed by atoms with E-state index >= 15 is 0 Å². The van der Waals surface area contributed by atoms with E-state index in [-0.39, 0.29) is 0 Å². The molecule has 0 saturated carbocycles. The van der Waals surface area contributed by atoms with Crippen molar-refractivity contribution in [1.29, 1.82) is 5.41 Å². The van der Waals surface area contributed by atoms with E-state index in [1.54, 1.807) is 0 Å². The van der Waals surface area contributed by atoms with Crippen LogP contribution in [0.1, 0.15) is 5.56 Å². The van der Waals surface area contributed by atoms with Crippen molar-refractivity contribution < 1.29 is 0 Å². The monoisotopic (exact) mass is 219 g/mol. The molecule has 2 aromatic carbocycles. The smallest absolute Gasteiger partial charge is 0.293 e. The standard InChI is InChI=1S/C15H11N2/c16-13-10-12-8-4-5-9-14(12)17-15(13)11-6-2-1-3-7-11/h1-10,16H/q+1. The highest BCUT2D eigenvalue weighted by Crippen LogP contribution is 2.01. The van der Waals surface area contributed by atoms with Gasteiger partial charge in [-0.1, -0.05) is 35.0 Å². The fraction of sp³-hybridized carbons (Fsp3) is 0. The maximum atomic E-state index is 8.03. The Bertz CT molecular complexity index is 736. The van der Waals surface area contributed by atoms with Crippen molar-refractivity contribution in [1.82, 2.24) is 4.67 Å². The number of nitrogens with one attached hydrogen (secondary N) is 1. The summed E-state index contributed by atoms with van der Waals surface area (Å²) in [7, 11) is 0. The molecule has 1 aliphatic heterocycles. The normalized spacial score (nSPS) is 13.2. The van der Waals surface area contributed by atoms with E-state index < -0.39 is 0 Å². The Morgan fingerprint density at radius 3 is 2.35 bits per heavy atom. The van der Waals surface area contributed by atoms with Gasteiger partial charge in [-0.15, -0.1) is 0 Å². The van der Waals surface area contributed by atoms with Gasteiger partial charge in [-0.3, -0.25) is 5.41 Å². The highest BCUT2D eigenvalue weighted by molar-refractivity contribution is 6.56. The van der Waals surface area contributed by atoms with E-state index in [1.807, 2.05) is 60.7 Å². The second-order valence-corrected chi connectivity index (χ2v) is 3.94. The van der Waals surface area contributed by atoms with E-state index in [0.717, 1.165) is 21.9 Å². The fourth-order valence-corrected chi connectivity index (χ4v) is 1.93. The molecule has 0 fully saturated rings.